The molecule has 3 rings (SSSR count). The summed E-state index contributed by atoms with van der Waals surface area (Å²) in [7, 11) is 3.47. The van der Waals surface area contributed by atoms with Gasteiger partial charge in [0.2, 0.25) is 0 Å². The molecule has 0 amide bonds. The van der Waals surface area contributed by atoms with Crippen LogP contribution in [-0.4, -0.2) is 45.9 Å². The highest BCUT2D eigenvalue weighted by molar-refractivity contribution is 5.80. The van der Waals surface area contributed by atoms with Gasteiger partial charge in [-0.3, -0.25) is 4.99 Å². The third-order valence-corrected chi connectivity index (χ3v) is 5.10. The number of nitrogens with zero attached hydrogens (tertiary/aromatic N) is 2. The van der Waals surface area contributed by atoms with E-state index in [2.05, 4.69) is 50.9 Å². The minimum absolute atomic E-state index is 0.366. The number of benzene rings is 2. The Morgan fingerprint density at radius 1 is 1.17 bits per heavy atom. The molecule has 1 aliphatic rings. The van der Waals surface area contributed by atoms with E-state index in [4.69, 9.17) is 9.47 Å². The van der Waals surface area contributed by atoms with Crippen molar-refractivity contribution in [2.24, 2.45) is 4.99 Å². The van der Waals surface area contributed by atoms with Crippen molar-refractivity contribution < 1.29 is 9.47 Å². The lowest BCUT2D eigenvalue weighted by atomic mass is 10.0. The number of hydrogen-bond acceptors (Lipinski definition) is 4. The van der Waals surface area contributed by atoms with Crippen molar-refractivity contribution in [3.63, 3.8) is 0 Å². The average Bonchev–Trinajstić information content (AvgIpc) is 2.78. The first-order chi connectivity index (χ1) is 14.2. The van der Waals surface area contributed by atoms with Gasteiger partial charge in [-0.15, -0.1) is 0 Å². The van der Waals surface area contributed by atoms with Crippen molar-refractivity contribution in [2.75, 3.05) is 38.8 Å². The van der Waals surface area contributed by atoms with Crippen molar-refractivity contribution in [2.45, 2.75) is 32.4 Å². The Hall–Kier alpha value is -2.89. The Kier molecular flexibility index (Phi) is 7.61. The van der Waals surface area contributed by atoms with E-state index in [1.165, 1.54) is 12.1 Å². The third-order valence-electron chi connectivity index (χ3n) is 5.10. The van der Waals surface area contributed by atoms with E-state index in [-0.39, 0.29) is 0 Å². The van der Waals surface area contributed by atoms with Crippen molar-refractivity contribution in [3.05, 3.63) is 54.1 Å². The van der Waals surface area contributed by atoms with Gasteiger partial charge >= 0.3 is 0 Å². The van der Waals surface area contributed by atoms with Crippen LogP contribution in [-0.2, 0) is 6.54 Å². The molecule has 2 aromatic carbocycles. The topological polar surface area (TPSA) is 58.1 Å². The fourth-order valence-electron chi connectivity index (χ4n) is 3.64. The molecular weight excluding hydrogens is 364 g/mol. The van der Waals surface area contributed by atoms with Gasteiger partial charge in [-0.1, -0.05) is 24.3 Å². The van der Waals surface area contributed by atoms with Gasteiger partial charge in [0.05, 0.1) is 13.7 Å². The zero-order chi connectivity index (χ0) is 20.5. The molecule has 1 fully saturated rings. The first-order valence-corrected chi connectivity index (χ1v) is 10.3. The second-order valence-electron chi connectivity index (χ2n) is 7.11. The quantitative estimate of drug-likeness (QED) is 0.555. The smallest absolute Gasteiger partial charge is 0.191 e. The minimum Gasteiger partial charge on any atom is -0.493 e. The van der Waals surface area contributed by atoms with Crippen LogP contribution < -0.4 is 25.0 Å². The molecule has 0 aromatic heterocycles. The molecule has 1 atom stereocenters. The second-order valence-corrected chi connectivity index (χ2v) is 7.11. The fourth-order valence-corrected chi connectivity index (χ4v) is 3.64. The molecule has 0 radical (unpaired) electrons. The van der Waals surface area contributed by atoms with E-state index in [0.717, 1.165) is 42.5 Å². The summed E-state index contributed by atoms with van der Waals surface area (Å²) in [6.07, 6.45) is 2.31. The third kappa shape index (κ3) is 5.79. The molecule has 1 saturated heterocycles. The van der Waals surface area contributed by atoms with Gasteiger partial charge in [0.15, 0.2) is 17.5 Å². The molecule has 29 heavy (non-hydrogen) atoms. The van der Waals surface area contributed by atoms with E-state index >= 15 is 0 Å². The van der Waals surface area contributed by atoms with Gasteiger partial charge in [-0.05, 0) is 49.6 Å². The van der Waals surface area contributed by atoms with E-state index < -0.39 is 0 Å². The molecule has 0 aliphatic carbocycles. The van der Waals surface area contributed by atoms with E-state index in [0.29, 0.717) is 19.2 Å². The molecule has 1 unspecified atom stereocenters. The van der Waals surface area contributed by atoms with Crippen LogP contribution in [0.2, 0.25) is 0 Å². The number of para-hydroxylation sites is 1. The Bertz CT molecular complexity index is 795. The largest absolute Gasteiger partial charge is 0.493 e. The van der Waals surface area contributed by atoms with Gasteiger partial charge in [0, 0.05) is 38.4 Å². The Labute approximate surface area is 173 Å². The van der Waals surface area contributed by atoms with Crippen molar-refractivity contribution in [1.29, 1.82) is 0 Å². The highest BCUT2D eigenvalue weighted by atomic mass is 16.5. The first-order valence-electron chi connectivity index (χ1n) is 10.3. The van der Waals surface area contributed by atoms with Crippen LogP contribution in [0.1, 0.15) is 25.3 Å². The van der Waals surface area contributed by atoms with E-state index in [1.807, 2.05) is 32.2 Å². The normalized spacial score (nSPS) is 17.0. The zero-order valence-corrected chi connectivity index (χ0v) is 17.6. The summed E-state index contributed by atoms with van der Waals surface area (Å²) in [5.74, 6) is 2.34. The van der Waals surface area contributed by atoms with Crippen LogP contribution >= 0.6 is 0 Å². The van der Waals surface area contributed by atoms with Gasteiger partial charge in [-0.25, -0.2) is 0 Å². The molecule has 2 aromatic rings. The van der Waals surface area contributed by atoms with Crippen molar-refractivity contribution >= 4 is 11.6 Å². The Morgan fingerprint density at radius 3 is 2.72 bits per heavy atom. The minimum atomic E-state index is 0.366. The summed E-state index contributed by atoms with van der Waals surface area (Å²) in [5.41, 5.74) is 2.40. The molecule has 0 spiro atoms. The lowest BCUT2D eigenvalue weighted by Crippen LogP contribution is -2.51. The number of rotatable bonds is 7. The molecule has 2 N–H and O–H groups in total. The van der Waals surface area contributed by atoms with Crippen LogP contribution in [0, 0.1) is 0 Å². The Balaban J connectivity index is 1.56. The van der Waals surface area contributed by atoms with Crippen molar-refractivity contribution in [1.82, 2.24) is 10.6 Å². The van der Waals surface area contributed by atoms with E-state index in [9.17, 15) is 0 Å². The molecule has 156 valence electrons. The first kappa shape index (κ1) is 20.8. The summed E-state index contributed by atoms with van der Waals surface area (Å²) in [6, 6.07) is 17.0. The molecule has 0 saturated carbocycles. The van der Waals surface area contributed by atoms with Crippen LogP contribution in [0.15, 0.2) is 53.5 Å². The number of methoxy groups -OCH3 is 1. The lowest BCUT2D eigenvalue weighted by molar-refractivity contribution is 0.310. The second kappa shape index (κ2) is 10.6. The summed E-state index contributed by atoms with van der Waals surface area (Å²) in [4.78, 5) is 6.84. The maximum Gasteiger partial charge on any atom is 0.191 e. The molecule has 6 heteroatoms. The van der Waals surface area contributed by atoms with E-state index in [1.54, 1.807) is 7.11 Å². The molecule has 1 heterocycles. The molecule has 0 bridgehead atoms. The number of ether oxygens (including phenoxy) is 2. The van der Waals surface area contributed by atoms with Gasteiger partial charge in [0.1, 0.15) is 0 Å². The number of piperidine rings is 1. The molecular formula is C23H32N4O2. The Morgan fingerprint density at radius 2 is 2.00 bits per heavy atom. The highest BCUT2D eigenvalue weighted by Crippen LogP contribution is 2.28. The van der Waals surface area contributed by atoms with Crippen molar-refractivity contribution in [3.8, 4) is 11.5 Å². The highest BCUT2D eigenvalue weighted by Gasteiger charge is 2.20. The number of anilines is 1. The van der Waals surface area contributed by atoms with Gasteiger partial charge in [-0.2, -0.15) is 0 Å². The molecule has 6 nitrogen and oxygen atoms in total. The predicted molar refractivity (Wildman–Crippen MR) is 119 cm³/mol. The predicted octanol–water partition coefficient (Wildman–Crippen LogP) is 3.43. The summed E-state index contributed by atoms with van der Waals surface area (Å²) < 4.78 is 11.0. The van der Waals surface area contributed by atoms with Crippen LogP contribution in [0.3, 0.4) is 0 Å². The number of nitrogens with one attached hydrogen (secondary N) is 2. The number of guanidine groups is 1. The average molecular weight is 397 g/mol. The van der Waals surface area contributed by atoms with Gasteiger partial charge < -0.3 is 25.0 Å². The van der Waals surface area contributed by atoms with Crippen LogP contribution in [0.5, 0.6) is 11.5 Å². The molecule has 1 aliphatic heterocycles. The number of hydrogen-bond donors (Lipinski definition) is 2. The SMILES string of the molecule is CCOc1cc(CNC(=NC)NC2CCCN(c3ccccc3)C2)ccc1OC. The number of aliphatic imine (C=N–C) groups is 1. The maximum atomic E-state index is 5.67. The maximum absolute atomic E-state index is 5.67. The lowest BCUT2D eigenvalue weighted by Gasteiger charge is -2.35. The van der Waals surface area contributed by atoms with Gasteiger partial charge in [0.25, 0.3) is 0 Å². The summed E-state index contributed by atoms with van der Waals surface area (Å²) >= 11 is 0. The monoisotopic (exact) mass is 396 g/mol. The zero-order valence-electron chi connectivity index (χ0n) is 17.6. The summed E-state index contributed by atoms with van der Waals surface area (Å²) in [6.45, 7) is 5.32. The fraction of sp³-hybridized carbons (Fsp3) is 0.435. The van der Waals surface area contributed by atoms with Crippen LogP contribution in [0.4, 0.5) is 5.69 Å². The van der Waals surface area contributed by atoms with Crippen LogP contribution in [0.25, 0.3) is 0 Å². The summed E-state index contributed by atoms with van der Waals surface area (Å²) in [5, 5.41) is 7.00. The standard InChI is InChI=1S/C23H32N4O2/c1-4-29-22-15-18(12-13-21(22)28-3)16-25-23(24-2)26-19-9-8-14-27(17-19)20-10-6-5-7-11-20/h5-7,10-13,15,19H,4,8-9,14,16-17H2,1-3H3,(H2,24,25,26).